The summed E-state index contributed by atoms with van der Waals surface area (Å²) in [6.07, 6.45) is 1.66. The van der Waals surface area contributed by atoms with E-state index in [1.807, 2.05) is 24.3 Å². The van der Waals surface area contributed by atoms with Crippen molar-refractivity contribution in [2.45, 2.75) is 19.3 Å². The number of carbonyl (C=O) groups is 2. The van der Waals surface area contributed by atoms with Crippen molar-refractivity contribution >= 4 is 22.8 Å². The van der Waals surface area contributed by atoms with Crippen molar-refractivity contribution in [1.29, 1.82) is 0 Å². The molecule has 1 aromatic carbocycles. The highest BCUT2D eigenvalue weighted by Gasteiger charge is 2.27. The van der Waals surface area contributed by atoms with Gasteiger partial charge in [-0.1, -0.05) is 18.2 Å². The maximum Gasteiger partial charge on any atom is 0.303 e. The third-order valence-corrected chi connectivity index (χ3v) is 4.04. The summed E-state index contributed by atoms with van der Waals surface area (Å²) < 4.78 is 0. The van der Waals surface area contributed by atoms with Crippen molar-refractivity contribution in [2.24, 2.45) is 5.92 Å². The molecule has 6 heteroatoms. The van der Waals surface area contributed by atoms with Gasteiger partial charge in [0.05, 0.1) is 5.52 Å². The molecule has 1 saturated heterocycles. The van der Waals surface area contributed by atoms with Crippen LogP contribution >= 0.6 is 0 Å². The zero-order chi connectivity index (χ0) is 14.8. The molecule has 1 fully saturated rings. The summed E-state index contributed by atoms with van der Waals surface area (Å²) >= 11 is 0. The van der Waals surface area contributed by atoms with E-state index in [-0.39, 0.29) is 18.2 Å². The second-order valence-electron chi connectivity index (χ2n) is 5.45. The first-order chi connectivity index (χ1) is 10.1. The van der Waals surface area contributed by atoms with Crippen LogP contribution in [0.4, 0.5) is 0 Å². The topological polar surface area (TPSA) is 86.3 Å². The minimum absolute atomic E-state index is 0.0822. The Morgan fingerprint density at radius 3 is 2.71 bits per heavy atom. The number of nitrogens with one attached hydrogen (secondary N) is 1. The number of aromatic nitrogens is 2. The van der Waals surface area contributed by atoms with Gasteiger partial charge in [-0.25, -0.2) is 0 Å². The maximum absolute atomic E-state index is 12.5. The number of nitrogens with zero attached hydrogens (tertiary/aromatic N) is 2. The molecular weight excluding hydrogens is 270 g/mol. The van der Waals surface area contributed by atoms with E-state index in [1.54, 1.807) is 4.90 Å². The molecule has 0 unspecified atom stereocenters. The summed E-state index contributed by atoms with van der Waals surface area (Å²) in [6, 6.07) is 7.54. The number of para-hydroxylation sites is 1. The molecular formula is C15H17N3O3. The predicted molar refractivity (Wildman–Crippen MR) is 77.0 cm³/mol. The van der Waals surface area contributed by atoms with Gasteiger partial charge >= 0.3 is 5.97 Å². The number of carbonyl (C=O) groups excluding carboxylic acids is 1. The molecule has 0 bridgehead atoms. The Kier molecular flexibility index (Phi) is 3.60. The van der Waals surface area contributed by atoms with E-state index >= 15 is 0 Å². The van der Waals surface area contributed by atoms with Gasteiger partial charge in [0.1, 0.15) is 0 Å². The number of carboxylic acid groups (broad SMARTS) is 1. The van der Waals surface area contributed by atoms with Gasteiger partial charge in [0.2, 0.25) is 0 Å². The quantitative estimate of drug-likeness (QED) is 0.902. The summed E-state index contributed by atoms with van der Waals surface area (Å²) in [6.45, 7) is 1.19. The molecule has 21 heavy (non-hydrogen) atoms. The molecule has 1 aromatic heterocycles. The standard InChI is InChI=1S/C15H17N3O3/c19-13(20)9-10-5-7-18(8-6-10)15(21)14-11-3-1-2-4-12(11)16-17-14/h1-4,10H,5-9H2,(H,16,17)(H,19,20). The highest BCUT2D eigenvalue weighted by molar-refractivity contribution is 6.04. The second kappa shape index (κ2) is 5.55. The zero-order valence-corrected chi connectivity index (χ0v) is 11.6. The molecule has 1 aliphatic rings. The fourth-order valence-corrected chi connectivity index (χ4v) is 2.86. The number of amides is 1. The number of rotatable bonds is 3. The number of aliphatic carboxylic acids is 1. The van der Waals surface area contributed by atoms with E-state index in [0.29, 0.717) is 18.8 Å². The van der Waals surface area contributed by atoms with E-state index in [2.05, 4.69) is 10.2 Å². The summed E-state index contributed by atoms with van der Waals surface area (Å²) in [5, 5.41) is 16.6. The summed E-state index contributed by atoms with van der Waals surface area (Å²) in [5.41, 5.74) is 1.30. The fourth-order valence-electron chi connectivity index (χ4n) is 2.86. The highest BCUT2D eigenvalue weighted by Crippen LogP contribution is 2.23. The lowest BCUT2D eigenvalue weighted by atomic mass is 9.93. The average Bonchev–Trinajstić information content (AvgIpc) is 2.90. The first-order valence-electron chi connectivity index (χ1n) is 7.09. The molecule has 0 radical (unpaired) electrons. The zero-order valence-electron chi connectivity index (χ0n) is 11.6. The molecule has 2 N–H and O–H groups in total. The third-order valence-electron chi connectivity index (χ3n) is 4.04. The summed E-state index contributed by atoms with van der Waals surface area (Å²) in [4.78, 5) is 25.0. The SMILES string of the molecule is O=C(O)CC1CCN(C(=O)c2n[nH]c3ccccc23)CC1. The summed E-state index contributed by atoms with van der Waals surface area (Å²) in [7, 11) is 0. The second-order valence-corrected chi connectivity index (χ2v) is 5.45. The molecule has 110 valence electrons. The maximum atomic E-state index is 12.5. The van der Waals surface area contributed by atoms with E-state index in [0.717, 1.165) is 23.7 Å². The molecule has 0 atom stereocenters. The van der Waals surface area contributed by atoms with Crippen LogP contribution in [0.1, 0.15) is 29.8 Å². The highest BCUT2D eigenvalue weighted by atomic mass is 16.4. The van der Waals surface area contributed by atoms with Crippen molar-refractivity contribution in [2.75, 3.05) is 13.1 Å². The van der Waals surface area contributed by atoms with Gasteiger partial charge in [-0.05, 0) is 24.8 Å². The van der Waals surface area contributed by atoms with Crippen molar-refractivity contribution in [1.82, 2.24) is 15.1 Å². The van der Waals surface area contributed by atoms with Gasteiger partial charge in [0.15, 0.2) is 5.69 Å². The number of fused-ring (bicyclic) bond motifs is 1. The van der Waals surface area contributed by atoms with Gasteiger partial charge in [-0.15, -0.1) is 0 Å². The van der Waals surface area contributed by atoms with Crippen molar-refractivity contribution < 1.29 is 14.7 Å². The summed E-state index contributed by atoms with van der Waals surface area (Å²) in [5.74, 6) is -0.679. The number of hydrogen-bond acceptors (Lipinski definition) is 3. The number of carboxylic acids is 1. The van der Waals surface area contributed by atoms with Gasteiger partial charge in [0, 0.05) is 24.9 Å². The van der Waals surface area contributed by atoms with Gasteiger partial charge in [-0.2, -0.15) is 5.10 Å². The van der Waals surface area contributed by atoms with Gasteiger partial charge in [-0.3, -0.25) is 14.7 Å². The smallest absolute Gasteiger partial charge is 0.303 e. The Morgan fingerprint density at radius 1 is 1.29 bits per heavy atom. The molecule has 3 rings (SSSR count). The Hall–Kier alpha value is -2.37. The molecule has 1 amide bonds. The Bertz CT molecular complexity index is 672. The normalized spacial score (nSPS) is 16.3. The largest absolute Gasteiger partial charge is 0.481 e. The van der Waals surface area contributed by atoms with Crippen LogP contribution in [0.2, 0.25) is 0 Å². The minimum Gasteiger partial charge on any atom is -0.481 e. The first-order valence-corrected chi connectivity index (χ1v) is 7.09. The monoisotopic (exact) mass is 287 g/mol. The Labute approximate surface area is 121 Å². The fraction of sp³-hybridized carbons (Fsp3) is 0.400. The lowest BCUT2D eigenvalue weighted by molar-refractivity contribution is -0.138. The number of benzene rings is 1. The molecule has 0 aliphatic carbocycles. The van der Waals surface area contributed by atoms with Crippen LogP contribution in [-0.4, -0.2) is 45.2 Å². The molecule has 0 spiro atoms. The molecule has 2 heterocycles. The third kappa shape index (κ3) is 2.74. The van der Waals surface area contributed by atoms with E-state index in [9.17, 15) is 9.59 Å². The van der Waals surface area contributed by atoms with E-state index in [1.165, 1.54) is 0 Å². The van der Waals surface area contributed by atoms with Crippen LogP contribution < -0.4 is 0 Å². The lowest BCUT2D eigenvalue weighted by Gasteiger charge is -2.30. The first kappa shape index (κ1) is 13.6. The lowest BCUT2D eigenvalue weighted by Crippen LogP contribution is -2.39. The van der Waals surface area contributed by atoms with Crippen molar-refractivity contribution in [3.63, 3.8) is 0 Å². The molecule has 1 aliphatic heterocycles. The molecule has 6 nitrogen and oxygen atoms in total. The Balaban J connectivity index is 1.71. The van der Waals surface area contributed by atoms with Crippen LogP contribution in [0.5, 0.6) is 0 Å². The predicted octanol–water partition coefficient (Wildman–Crippen LogP) is 1.89. The van der Waals surface area contributed by atoms with Crippen molar-refractivity contribution in [3.8, 4) is 0 Å². The molecule has 2 aromatic rings. The number of aromatic amines is 1. The minimum atomic E-state index is -0.766. The van der Waals surface area contributed by atoms with Gasteiger partial charge < -0.3 is 10.0 Å². The van der Waals surface area contributed by atoms with Crippen LogP contribution in [-0.2, 0) is 4.79 Å². The van der Waals surface area contributed by atoms with E-state index in [4.69, 9.17) is 5.11 Å². The van der Waals surface area contributed by atoms with Crippen LogP contribution in [0.25, 0.3) is 10.9 Å². The number of piperidine rings is 1. The number of likely N-dealkylation sites (tertiary alicyclic amines) is 1. The number of hydrogen-bond donors (Lipinski definition) is 2. The van der Waals surface area contributed by atoms with E-state index < -0.39 is 5.97 Å². The van der Waals surface area contributed by atoms with Gasteiger partial charge in [0.25, 0.3) is 5.91 Å². The Morgan fingerprint density at radius 2 is 2.00 bits per heavy atom. The average molecular weight is 287 g/mol. The number of H-pyrrole nitrogens is 1. The molecule has 0 saturated carbocycles. The van der Waals surface area contributed by atoms with Crippen LogP contribution in [0, 0.1) is 5.92 Å². The van der Waals surface area contributed by atoms with Crippen LogP contribution in [0.3, 0.4) is 0 Å². The van der Waals surface area contributed by atoms with Crippen LogP contribution in [0.15, 0.2) is 24.3 Å². The van der Waals surface area contributed by atoms with Crippen molar-refractivity contribution in [3.05, 3.63) is 30.0 Å².